The summed E-state index contributed by atoms with van der Waals surface area (Å²) in [5, 5.41) is 0. The van der Waals surface area contributed by atoms with Gasteiger partial charge in [-0.1, -0.05) is 6.92 Å². The van der Waals surface area contributed by atoms with Crippen LogP contribution in [0.4, 0.5) is 0 Å². The van der Waals surface area contributed by atoms with Gasteiger partial charge in [-0.3, -0.25) is 4.79 Å². The molecule has 0 aromatic rings. The molecule has 1 atom stereocenters. The van der Waals surface area contributed by atoms with Gasteiger partial charge in [-0.25, -0.2) is 0 Å². The molecule has 0 radical (unpaired) electrons. The number of rotatable bonds is 4. The second kappa shape index (κ2) is 5.68. The molecule has 0 unspecified atom stereocenters. The summed E-state index contributed by atoms with van der Waals surface area (Å²) in [6.45, 7) is 15.8. The van der Waals surface area contributed by atoms with Gasteiger partial charge in [0, 0.05) is 6.42 Å². The van der Waals surface area contributed by atoms with Crippen LogP contribution in [0.5, 0.6) is 0 Å². The smallest absolute Gasteiger partial charge is 0.460 e. The Morgan fingerprint density at radius 1 is 1.15 bits per heavy atom. The molecule has 0 spiro atoms. The fraction of sp³-hybridized carbons (Fsp3) is 0.933. The molecular weight excluding hydrogens is 255 g/mol. The molecule has 0 N–H and O–H groups in total. The molecule has 1 saturated heterocycles. The standard InChI is InChI=1S/C15H29BO4/c1-11(9-10-12(17)18-13(2,3)4)16-19-14(5,6)15(7,8)20-16/h11H,9-10H2,1-8H3/t11-/m1/s1. The first-order valence-corrected chi connectivity index (χ1v) is 7.41. The van der Waals surface area contributed by atoms with Crippen molar-refractivity contribution in [1.29, 1.82) is 0 Å². The Balaban J connectivity index is 2.46. The number of carbonyl (C=O) groups excluding carboxylic acids is 1. The minimum atomic E-state index is -0.426. The summed E-state index contributed by atoms with van der Waals surface area (Å²) in [4.78, 5) is 11.7. The Bertz CT molecular complexity index is 341. The van der Waals surface area contributed by atoms with E-state index in [4.69, 9.17) is 14.0 Å². The SMILES string of the molecule is C[C@H](CCC(=O)OC(C)(C)C)B1OC(C)(C)C(C)(C)O1. The highest BCUT2D eigenvalue weighted by Crippen LogP contribution is 2.40. The van der Waals surface area contributed by atoms with Crippen molar-refractivity contribution in [1.82, 2.24) is 0 Å². The minimum Gasteiger partial charge on any atom is -0.460 e. The van der Waals surface area contributed by atoms with Crippen molar-refractivity contribution in [2.45, 2.75) is 90.9 Å². The zero-order chi connectivity index (χ0) is 15.8. The highest BCUT2D eigenvalue weighted by molar-refractivity contribution is 6.47. The van der Waals surface area contributed by atoms with Crippen molar-refractivity contribution < 1.29 is 18.8 Å². The summed E-state index contributed by atoms with van der Waals surface area (Å²) in [5.74, 6) is -0.00978. The molecule has 20 heavy (non-hydrogen) atoms. The Morgan fingerprint density at radius 3 is 2.00 bits per heavy atom. The normalized spacial score (nSPS) is 22.7. The Kier molecular flexibility index (Phi) is 4.97. The van der Waals surface area contributed by atoms with Crippen molar-refractivity contribution in [2.24, 2.45) is 0 Å². The van der Waals surface area contributed by atoms with Crippen molar-refractivity contribution in [3.05, 3.63) is 0 Å². The van der Waals surface area contributed by atoms with E-state index in [1.807, 2.05) is 55.4 Å². The minimum absolute atomic E-state index is 0.156. The van der Waals surface area contributed by atoms with Gasteiger partial charge in [0.15, 0.2) is 0 Å². The van der Waals surface area contributed by atoms with E-state index >= 15 is 0 Å². The first kappa shape index (κ1) is 17.5. The van der Waals surface area contributed by atoms with Crippen LogP contribution in [0.25, 0.3) is 0 Å². The Labute approximate surface area is 123 Å². The average molecular weight is 284 g/mol. The molecule has 0 amide bonds. The second-order valence-electron chi connectivity index (χ2n) is 7.73. The van der Waals surface area contributed by atoms with E-state index in [2.05, 4.69) is 0 Å². The lowest BCUT2D eigenvalue weighted by atomic mass is 9.71. The van der Waals surface area contributed by atoms with Gasteiger partial charge in [0.1, 0.15) is 5.60 Å². The van der Waals surface area contributed by atoms with Gasteiger partial charge < -0.3 is 14.0 Å². The van der Waals surface area contributed by atoms with Crippen LogP contribution in [-0.2, 0) is 18.8 Å². The monoisotopic (exact) mass is 284 g/mol. The molecular formula is C15H29BO4. The van der Waals surface area contributed by atoms with Crippen LogP contribution in [0, 0.1) is 0 Å². The third-order valence-electron chi connectivity index (χ3n) is 3.96. The maximum absolute atomic E-state index is 11.7. The van der Waals surface area contributed by atoms with Crippen molar-refractivity contribution in [2.75, 3.05) is 0 Å². The molecule has 116 valence electrons. The zero-order valence-corrected chi connectivity index (χ0v) is 14.2. The summed E-state index contributed by atoms with van der Waals surface area (Å²) >= 11 is 0. The topological polar surface area (TPSA) is 44.8 Å². The molecule has 0 saturated carbocycles. The number of hydrogen-bond donors (Lipinski definition) is 0. The van der Waals surface area contributed by atoms with E-state index in [-0.39, 0.29) is 30.1 Å². The van der Waals surface area contributed by atoms with Crippen LogP contribution in [0.15, 0.2) is 0 Å². The molecule has 1 aliphatic heterocycles. The Hall–Kier alpha value is -0.545. The van der Waals surface area contributed by atoms with Crippen LogP contribution >= 0.6 is 0 Å². The third-order valence-corrected chi connectivity index (χ3v) is 3.96. The Morgan fingerprint density at radius 2 is 1.60 bits per heavy atom. The summed E-state index contributed by atoms with van der Waals surface area (Å²) in [6, 6.07) is 0. The van der Waals surface area contributed by atoms with Gasteiger partial charge in [-0.2, -0.15) is 0 Å². The van der Waals surface area contributed by atoms with Crippen LogP contribution < -0.4 is 0 Å². The number of hydrogen-bond acceptors (Lipinski definition) is 4. The first-order chi connectivity index (χ1) is 8.84. The van der Waals surface area contributed by atoms with Gasteiger partial charge >= 0.3 is 13.1 Å². The fourth-order valence-corrected chi connectivity index (χ4v) is 2.00. The molecule has 1 fully saturated rings. The van der Waals surface area contributed by atoms with E-state index in [1.165, 1.54) is 0 Å². The number of ether oxygens (including phenoxy) is 1. The predicted molar refractivity (Wildman–Crippen MR) is 80.6 cm³/mol. The van der Waals surface area contributed by atoms with Gasteiger partial charge in [0.25, 0.3) is 0 Å². The molecule has 0 aliphatic carbocycles. The molecule has 0 bridgehead atoms. The van der Waals surface area contributed by atoms with Crippen LogP contribution in [-0.4, -0.2) is 29.9 Å². The largest absolute Gasteiger partial charge is 0.460 e. The lowest BCUT2D eigenvalue weighted by Gasteiger charge is -2.32. The third kappa shape index (κ3) is 4.49. The number of esters is 1. The zero-order valence-electron chi connectivity index (χ0n) is 14.2. The van der Waals surface area contributed by atoms with E-state index in [0.717, 1.165) is 0 Å². The number of carbonyl (C=O) groups is 1. The van der Waals surface area contributed by atoms with Gasteiger partial charge in [0.2, 0.25) is 0 Å². The molecule has 1 heterocycles. The quantitative estimate of drug-likeness (QED) is 0.584. The van der Waals surface area contributed by atoms with Crippen LogP contribution in [0.2, 0.25) is 5.82 Å². The van der Waals surface area contributed by atoms with Crippen molar-refractivity contribution in [3.8, 4) is 0 Å². The van der Waals surface area contributed by atoms with E-state index in [0.29, 0.717) is 12.8 Å². The van der Waals surface area contributed by atoms with Gasteiger partial charge in [-0.05, 0) is 60.7 Å². The van der Waals surface area contributed by atoms with Gasteiger partial charge in [0.05, 0.1) is 11.2 Å². The average Bonchev–Trinajstić information content (AvgIpc) is 2.42. The fourth-order valence-electron chi connectivity index (χ4n) is 2.00. The van der Waals surface area contributed by atoms with Crippen LogP contribution in [0.1, 0.15) is 68.2 Å². The molecule has 0 aromatic carbocycles. The van der Waals surface area contributed by atoms with Crippen molar-refractivity contribution >= 4 is 13.1 Å². The summed E-state index contributed by atoms with van der Waals surface area (Å²) < 4.78 is 17.3. The maximum atomic E-state index is 11.7. The maximum Gasteiger partial charge on any atom is 0.460 e. The molecule has 0 aromatic heterocycles. The van der Waals surface area contributed by atoms with E-state index in [9.17, 15) is 4.79 Å². The first-order valence-electron chi connectivity index (χ1n) is 7.41. The highest BCUT2D eigenvalue weighted by atomic mass is 16.7. The van der Waals surface area contributed by atoms with Crippen molar-refractivity contribution in [3.63, 3.8) is 0 Å². The highest BCUT2D eigenvalue weighted by Gasteiger charge is 2.52. The second-order valence-corrected chi connectivity index (χ2v) is 7.73. The van der Waals surface area contributed by atoms with E-state index < -0.39 is 5.60 Å². The van der Waals surface area contributed by atoms with Gasteiger partial charge in [-0.15, -0.1) is 0 Å². The molecule has 4 nitrogen and oxygen atoms in total. The lowest BCUT2D eigenvalue weighted by Crippen LogP contribution is -2.41. The molecule has 1 aliphatic rings. The molecule has 5 heteroatoms. The molecule has 1 rings (SSSR count). The summed E-state index contributed by atoms with van der Waals surface area (Å²) in [6.07, 6.45) is 1.09. The van der Waals surface area contributed by atoms with E-state index in [1.54, 1.807) is 0 Å². The lowest BCUT2D eigenvalue weighted by molar-refractivity contribution is -0.154. The predicted octanol–water partition coefficient (Wildman–Crippen LogP) is 3.59. The van der Waals surface area contributed by atoms with Crippen LogP contribution in [0.3, 0.4) is 0 Å². The summed E-state index contributed by atoms with van der Waals surface area (Å²) in [5.41, 5.74) is -1.07. The summed E-state index contributed by atoms with van der Waals surface area (Å²) in [7, 11) is -0.262.